The molecule has 0 saturated carbocycles. The molecule has 0 aliphatic carbocycles. The van der Waals surface area contributed by atoms with Crippen LogP contribution in [0, 0.1) is 6.92 Å². The number of methoxy groups -OCH3 is 1. The number of hydrogen-bond donors (Lipinski definition) is 0. The van der Waals surface area contributed by atoms with E-state index in [1.165, 1.54) is 22.8 Å². The fourth-order valence-electron chi connectivity index (χ4n) is 3.74. The maximum atomic E-state index is 13.2. The van der Waals surface area contributed by atoms with Gasteiger partial charge in [-0.2, -0.15) is 9.30 Å². The van der Waals surface area contributed by atoms with Crippen LogP contribution in [0.5, 0.6) is 0 Å². The Morgan fingerprint density at radius 2 is 1.88 bits per heavy atom. The van der Waals surface area contributed by atoms with E-state index in [1.54, 1.807) is 28.8 Å². The van der Waals surface area contributed by atoms with Gasteiger partial charge in [-0.05, 0) is 44.0 Å². The smallest absolute Gasteiger partial charge is 0.325 e. The van der Waals surface area contributed by atoms with E-state index in [2.05, 4.69) is 4.99 Å². The minimum absolute atomic E-state index is 0.0946. The zero-order valence-electron chi connectivity index (χ0n) is 17.7. The van der Waals surface area contributed by atoms with Gasteiger partial charge in [0.15, 0.2) is 4.80 Å². The fraction of sp³-hybridized carbons (Fsp3) is 0.318. The highest BCUT2D eigenvalue weighted by Crippen LogP contribution is 2.27. The number of carbonyl (C=O) groups is 2. The van der Waals surface area contributed by atoms with Crippen LogP contribution in [0.1, 0.15) is 18.4 Å². The molecule has 1 atom stereocenters. The topological polar surface area (TPSA) is 98.0 Å². The molecule has 168 valence electrons. The molecule has 1 unspecified atom stereocenters. The molecule has 32 heavy (non-hydrogen) atoms. The molecule has 1 saturated heterocycles. The number of nitrogens with zero attached hydrogens (tertiary/aromatic N) is 3. The zero-order valence-corrected chi connectivity index (χ0v) is 19.4. The molecule has 8 nitrogen and oxygen atoms in total. The summed E-state index contributed by atoms with van der Waals surface area (Å²) >= 11 is 1.27. The van der Waals surface area contributed by atoms with E-state index in [-0.39, 0.29) is 18.0 Å². The highest BCUT2D eigenvalue weighted by Gasteiger charge is 2.39. The van der Waals surface area contributed by atoms with Crippen molar-refractivity contribution in [1.29, 1.82) is 0 Å². The molecule has 4 rings (SSSR count). The number of esters is 1. The van der Waals surface area contributed by atoms with Gasteiger partial charge in [-0.3, -0.25) is 9.59 Å². The number of fused-ring (bicyclic) bond motifs is 1. The Morgan fingerprint density at radius 3 is 2.59 bits per heavy atom. The summed E-state index contributed by atoms with van der Waals surface area (Å²) in [5.41, 5.74) is 1.71. The monoisotopic (exact) mass is 473 g/mol. The number of amides is 1. The quantitative estimate of drug-likeness (QED) is 0.530. The van der Waals surface area contributed by atoms with E-state index in [0.29, 0.717) is 17.6 Å². The van der Waals surface area contributed by atoms with Crippen molar-refractivity contribution in [2.75, 3.05) is 13.7 Å². The van der Waals surface area contributed by atoms with Gasteiger partial charge >= 0.3 is 5.97 Å². The molecule has 3 aromatic rings. The van der Waals surface area contributed by atoms with Gasteiger partial charge < -0.3 is 9.30 Å². The van der Waals surface area contributed by atoms with Crippen LogP contribution in [0.3, 0.4) is 0 Å². The predicted octanol–water partition coefficient (Wildman–Crippen LogP) is 2.46. The number of sulfonamides is 1. The molecule has 0 bridgehead atoms. The Morgan fingerprint density at radius 1 is 1.16 bits per heavy atom. The second kappa shape index (κ2) is 8.97. The maximum Gasteiger partial charge on any atom is 0.325 e. The summed E-state index contributed by atoms with van der Waals surface area (Å²) in [5.74, 6) is -1.00. The van der Waals surface area contributed by atoms with E-state index in [0.717, 1.165) is 15.8 Å². The Balaban J connectivity index is 1.71. The highest BCUT2D eigenvalue weighted by molar-refractivity contribution is 7.89. The van der Waals surface area contributed by atoms with Crippen LogP contribution in [-0.2, 0) is 30.9 Å². The van der Waals surface area contributed by atoms with Crippen LogP contribution in [0.2, 0.25) is 0 Å². The summed E-state index contributed by atoms with van der Waals surface area (Å²) in [5, 5.41) is 0. The number of aryl methyl sites for hydroxylation is 1. The largest absolute Gasteiger partial charge is 0.468 e. The summed E-state index contributed by atoms with van der Waals surface area (Å²) < 4.78 is 34.8. The number of para-hydroxylation sites is 1. The molecular weight excluding hydrogens is 450 g/mol. The summed E-state index contributed by atoms with van der Waals surface area (Å²) in [6.07, 6.45) is 0.973. The number of ether oxygens (including phenoxy) is 1. The summed E-state index contributed by atoms with van der Waals surface area (Å²) in [6.45, 7) is 2.05. The number of rotatable bonds is 5. The molecule has 1 aromatic heterocycles. The van der Waals surface area contributed by atoms with E-state index >= 15 is 0 Å². The molecule has 2 heterocycles. The number of carbonyl (C=O) groups excluding carboxylic acids is 2. The predicted molar refractivity (Wildman–Crippen MR) is 120 cm³/mol. The third kappa shape index (κ3) is 4.25. The highest BCUT2D eigenvalue weighted by atomic mass is 32.2. The number of hydrogen-bond acceptors (Lipinski definition) is 6. The molecule has 0 radical (unpaired) electrons. The molecular formula is C22H23N3O5S2. The Kier molecular flexibility index (Phi) is 6.27. The summed E-state index contributed by atoms with van der Waals surface area (Å²) in [7, 11) is -2.53. The molecule has 1 amide bonds. The Bertz CT molecular complexity index is 1340. The number of thiazole rings is 1. The van der Waals surface area contributed by atoms with Gasteiger partial charge in [0.05, 0.1) is 22.2 Å². The standard InChI is InChI=1S/C22H23N3O5S2/c1-15-9-11-16(12-10-15)32(28,29)25-13-5-7-18(25)21(27)23-22-24(14-20(26)30-2)17-6-3-4-8-19(17)31-22/h3-4,6,8-12,18H,5,7,13-14H2,1-2H3. The van der Waals surface area contributed by atoms with E-state index in [9.17, 15) is 18.0 Å². The lowest BCUT2D eigenvalue weighted by atomic mass is 10.2. The number of benzene rings is 2. The lowest BCUT2D eigenvalue weighted by Gasteiger charge is -2.21. The van der Waals surface area contributed by atoms with Gasteiger partial charge in [0.25, 0.3) is 5.91 Å². The van der Waals surface area contributed by atoms with Crippen LogP contribution in [0.15, 0.2) is 58.4 Å². The van der Waals surface area contributed by atoms with Gasteiger partial charge in [-0.25, -0.2) is 8.42 Å². The first kappa shape index (κ1) is 22.4. The van der Waals surface area contributed by atoms with Crippen molar-refractivity contribution in [2.24, 2.45) is 4.99 Å². The van der Waals surface area contributed by atoms with Crippen LogP contribution in [0.25, 0.3) is 10.2 Å². The molecule has 1 fully saturated rings. The van der Waals surface area contributed by atoms with Crippen LogP contribution >= 0.6 is 11.3 Å². The average molecular weight is 474 g/mol. The zero-order chi connectivity index (χ0) is 22.9. The third-order valence-corrected chi connectivity index (χ3v) is 8.41. The first-order valence-corrected chi connectivity index (χ1v) is 12.4. The Hall–Kier alpha value is -2.82. The van der Waals surface area contributed by atoms with Gasteiger partial charge in [0.1, 0.15) is 12.6 Å². The van der Waals surface area contributed by atoms with Crippen molar-refractivity contribution in [2.45, 2.75) is 37.2 Å². The molecule has 2 aromatic carbocycles. The summed E-state index contributed by atoms with van der Waals surface area (Å²) in [6, 6.07) is 13.1. The Labute approximate surface area is 189 Å². The van der Waals surface area contributed by atoms with Crippen LogP contribution in [-0.4, -0.2) is 48.9 Å². The SMILES string of the molecule is COC(=O)Cn1c(=NC(=O)C2CCCN2S(=O)(=O)c2ccc(C)cc2)sc2ccccc21. The lowest BCUT2D eigenvalue weighted by Crippen LogP contribution is -2.40. The lowest BCUT2D eigenvalue weighted by molar-refractivity contribution is -0.141. The molecule has 0 spiro atoms. The average Bonchev–Trinajstić information content (AvgIpc) is 3.40. The molecule has 1 aliphatic rings. The molecule has 0 N–H and O–H groups in total. The van der Waals surface area contributed by atoms with Gasteiger partial charge in [-0.1, -0.05) is 41.2 Å². The second-order valence-corrected chi connectivity index (χ2v) is 10.5. The first-order chi connectivity index (χ1) is 15.3. The van der Waals surface area contributed by atoms with Crippen molar-refractivity contribution in [3.63, 3.8) is 0 Å². The minimum atomic E-state index is -3.82. The normalized spacial score (nSPS) is 17.7. The van der Waals surface area contributed by atoms with E-state index in [4.69, 9.17) is 4.74 Å². The van der Waals surface area contributed by atoms with Crippen LogP contribution < -0.4 is 4.80 Å². The van der Waals surface area contributed by atoms with E-state index < -0.39 is 27.9 Å². The van der Waals surface area contributed by atoms with Crippen molar-refractivity contribution < 1.29 is 22.7 Å². The van der Waals surface area contributed by atoms with Gasteiger partial charge in [-0.15, -0.1) is 0 Å². The molecule has 10 heteroatoms. The minimum Gasteiger partial charge on any atom is -0.468 e. The van der Waals surface area contributed by atoms with Gasteiger partial charge in [0.2, 0.25) is 10.0 Å². The van der Waals surface area contributed by atoms with Crippen molar-refractivity contribution in [3.8, 4) is 0 Å². The van der Waals surface area contributed by atoms with Crippen LogP contribution in [0.4, 0.5) is 0 Å². The maximum absolute atomic E-state index is 13.2. The third-order valence-electron chi connectivity index (χ3n) is 5.43. The first-order valence-electron chi connectivity index (χ1n) is 10.1. The van der Waals surface area contributed by atoms with Gasteiger partial charge in [0, 0.05) is 6.54 Å². The van der Waals surface area contributed by atoms with E-state index in [1.807, 2.05) is 31.2 Å². The van der Waals surface area contributed by atoms with Crippen molar-refractivity contribution >= 4 is 43.5 Å². The fourth-order valence-corrected chi connectivity index (χ4v) is 6.43. The van der Waals surface area contributed by atoms with Crippen molar-refractivity contribution in [1.82, 2.24) is 8.87 Å². The molecule has 1 aliphatic heterocycles. The second-order valence-electron chi connectivity index (χ2n) is 7.55. The van der Waals surface area contributed by atoms with Crippen molar-refractivity contribution in [3.05, 3.63) is 58.9 Å². The summed E-state index contributed by atoms with van der Waals surface area (Å²) in [4.78, 5) is 29.8. The number of aromatic nitrogens is 1.